The number of anilines is 1. The van der Waals surface area contributed by atoms with Crippen molar-refractivity contribution >= 4 is 38.2 Å². The molecule has 0 saturated carbocycles. The molecule has 0 atom stereocenters. The minimum Gasteiger partial charge on any atom is -0.317 e. The maximum Gasteiger partial charge on any atom is 0.436 e. The van der Waals surface area contributed by atoms with Crippen molar-refractivity contribution in [3.05, 3.63) is 31.9 Å². The summed E-state index contributed by atoms with van der Waals surface area (Å²) in [4.78, 5) is 13.4. The highest BCUT2D eigenvalue weighted by Crippen LogP contribution is 2.38. The van der Waals surface area contributed by atoms with Crippen LogP contribution in [0.15, 0.2) is 4.47 Å². The van der Waals surface area contributed by atoms with E-state index in [1.165, 1.54) is 18.3 Å². The summed E-state index contributed by atoms with van der Waals surface area (Å²) < 4.78 is 39.8. The Morgan fingerprint density at radius 2 is 2.11 bits per heavy atom. The van der Waals surface area contributed by atoms with Gasteiger partial charge in [0.15, 0.2) is 5.69 Å². The largest absolute Gasteiger partial charge is 0.436 e. The molecule has 5 nitrogen and oxygen atoms in total. The molecular weight excluding hydrogens is 445 g/mol. The first-order valence-electron chi connectivity index (χ1n) is 8.37. The molecule has 0 aromatic carbocycles. The first-order valence-corrected chi connectivity index (χ1v) is 9.98. The molecule has 0 bridgehead atoms. The fraction of sp³-hybridized carbons (Fsp3) is 0.471. The van der Waals surface area contributed by atoms with Gasteiger partial charge in [0.1, 0.15) is 11.1 Å². The Hall–Kier alpha value is -1.86. The van der Waals surface area contributed by atoms with Crippen LogP contribution >= 0.6 is 27.3 Å². The topological polar surface area (TPSA) is 70.7 Å². The Kier molecular flexibility index (Phi) is 5.63. The van der Waals surface area contributed by atoms with E-state index in [2.05, 4.69) is 32.4 Å². The molecule has 27 heavy (non-hydrogen) atoms. The molecule has 1 N–H and O–H groups in total. The Balaban J connectivity index is 1.70. The van der Waals surface area contributed by atoms with E-state index in [0.29, 0.717) is 16.3 Å². The van der Waals surface area contributed by atoms with Gasteiger partial charge < -0.3 is 5.32 Å². The number of alkyl halides is 3. The number of halogens is 4. The van der Waals surface area contributed by atoms with Gasteiger partial charge >= 0.3 is 6.18 Å². The van der Waals surface area contributed by atoms with E-state index in [9.17, 15) is 23.2 Å². The lowest BCUT2D eigenvalue weighted by Crippen LogP contribution is -2.16. The summed E-state index contributed by atoms with van der Waals surface area (Å²) in [6, 6.07) is 2.17. The van der Waals surface area contributed by atoms with Crippen molar-refractivity contribution in [2.45, 2.75) is 51.7 Å². The molecule has 0 spiro atoms. The smallest absolute Gasteiger partial charge is 0.317 e. The SMILES string of the molecule is Cc1c(Br)c(C(F)(F)F)nn1CCC(=O)Nc1sc2c(c1C#N)CCCC2. The molecule has 1 amide bonds. The van der Waals surface area contributed by atoms with Crippen LogP contribution in [0, 0.1) is 18.3 Å². The number of nitriles is 1. The van der Waals surface area contributed by atoms with E-state index in [4.69, 9.17) is 0 Å². The first-order chi connectivity index (χ1) is 12.7. The second kappa shape index (κ2) is 7.64. The predicted octanol–water partition coefficient (Wildman–Crippen LogP) is 4.81. The van der Waals surface area contributed by atoms with Crippen LogP contribution in [0.3, 0.4) is 0 Å². The Bertz CT molecular complexity index is 926. The van der Waals surface area contributed by atoms with E-state index in [0.717, 1.165) is 40.8 Å². The summed E-state index contributed by atoms with van der Waals surface area (Å²) in [6.45, 7) is 1.52. The molecule has 2 heterocycles. The number of thiophene rings is 1. The van der Waals surface area contributed by atoms with Crippen molar-refractivity contribution in [2.24, 2.45) is 0 Å². The van der Waals surface area contributed by atoms with Gasteiger partial charge in [0.25, 0.3) is 0 Å². The second-order valence-corrected chi connectivity index (χ2v) is 8.19. The summed E-state index contributed by atoms with van der Waals surface area (Å²) in [7, 11) is 0. The van der Waals surface area contributed by atoms with Gasteiger partial charge in [-0.1, -0.05) is 0 Å². The lowest BCUT2D eigenvalue weighted by molar-refractivity contribution is -0.142. The zero-order valence-electron chi connectivity index (χ0n) is 14.4. The van der Waals surface area contributed by atoms with Crippen molar-refractivity contribution in [1.82, 2.24) is 9.78 Å². The highest BCUT2D eigenvalue weighted by Gasteiger charge is 2.37. The van der Waals surface area contributed by atoms with Gasteiger partial charge in [0.2, 0.25) is 5.91 Å². The quantitative estimate of drug-likeness (QED) is 0.711. The number of hydrogen-bond acceptors (Lipinski definition) is 4. The molecule has 144 valence electrons. The maximum atomic E-state index is 12.9. The number of carbonyl (C=O) groups is 1. The van der Waals surface area contributed by atoms with Crippen LogP contribution in [-0.2, 0) is 30.4 Å². The molecule has 0 unspecified atom stereocenters. The summed E-state index contributed by atoms with van der Waals surface area (Å²) in [5.41, 5.74) is 0.837. The number of rotatable bonds is 4. The fourth-order valence-corrected chi connectivity index (χ4v) is 4.86. The summed E-state index contributed by atoms with van der Waals surface area (Å²) in [5.74, 6) is -0.357. The highest BCUT2D eigenvalue weighted by atomic mass is 79.9. The number of hydrogen-bond donors (Lipinski definition) is 1. The molecule has 10 heteroatoms. The van der Waals surface area contributed by atoms with Gasteiger partial charge in [-0.2, -0.15) is 23.5 Å². The third-order valence-electron chi connectivity index (χ3n) is 4.49. The minimum absolute atomic E-state index is 0.0132. The van der Waals surface area contributed by atoms with Crippen LogP contribution in [0.4, 0.5) is 18.2 Å². The Morgan fingerprint density at radius 3 is 2.74 bits per heavy atom. The van der Waals surface area contributed by atoms with Crippen molar-refractivity contribution < 1.29 is 18.0 Å². The van der Waals surface area contributed by atoms with E-state index in [-0.39, 0.29) is 23.3 Å². The van der Waals surface area contributed by atoms with E-state index in [1.54, 1.807) is 0 Å². The molecular formula is C17H16BrF3N4OS. The fourth-order valence-electron chi connectivity index (χ4n) is 3.09. The van der Waals surface area contributed by atoms with Crippen LogP contribution < -0.4 is 5.32 Å². The summed E-state index contributed by atoms with van der Waals surface area (Å²) in [5, 5.41) is 16.2. The second-order valence-electron chi connectivity index (χ2n) is 6.29. The molecule has 3 rings (SSSR count). The van der Waals surface area contributed by atoms with Crippen LogP contribution in [0.5, 0.6) is 0 Å². The lowest BCUT2D eigenvalue weighted by Gasteiger charge is -2.09. The van der Waals surface area contributed by atoms with Crippen LogP contribution in [0.25, 0.3) is 0 Å². The molecule has 0 fully saturated rings. The monoisotopic (exact) mass is 460 g/mol. The van der Waals surface area contributed by atoms with Crippen LogP contribution in [0.1, 0.15) is 46.7 Å². The molecule has 0 saturated heterocycles. The average Bonchev–Trinajstić information content (AvgIpc) is 3.10. The molecule has 1 aliphatic carbocycles. The highest BCUT2D eigenvalue weighted by molar-refractivity contribution is 9.10. The zero-order valence-corrected chi connectivity index (χ0v) is 16.8. The molecule has 2 aromatic rings. The van der Waals surface area contributed by atoms with Crippen LogP contribution in [0.2, 0.25) is 0 Å². The van der Waals surface area contributed by atoms with Crippen molar-refractivity contribution in [3.8, 4) is 6.07 Å². The predicted molar refractivity (Wildman–Crippen MR) is 98.6 cm³/mol. The number of aryl methyl sites for hydroxylation is 2. The minimum atomic E-state index is -4.56. The number of fused-ring (bicyclic) bond motifs is 1. The average molecular weight is 461 g/mol. The molecule has 1 aliphatic rings. The number of aromatic nitrogens is 2. The Labute approximate surface area is 166 Å². The Morgan fingerprint density at radius 1 is 1.41 bits per heavy atom. The number of nitrogens with zero attached hydrogens (tertiary/aromatic N) is 3. The number of nitrogens with one attached hydrogen (secondary N) is 1. The van der Waals surface area contributed by atoms with Gasteiger partial charge in [-0.05, 0) is 54.1 Å². The molecule has 0 aliphatic heterocycles. The van der Waals surface area contributed by atoms with Crippen molar-refractivity contribution in [3.63, 3.8) is 0 Å². The summed E-state index contributed by atoms with van der Waals surface area (Å²) >= 11 is 4.33. The van der Waals surface area contributed by atoms with E-state index < -0.39 is 11.9 Å². The first kappa shape index (κ1) is 19.9. The molecule has 2 aromatic heterocycles. The number of amides is 1. The maximum absolute atomic E-state index is 12.9. The summed E-state index contributed by atoms with van der Waals surface area (Å²) in [6.07, 6.45) is -0.757. The van der Waals surface area contributed by atoms with E-state index >= 15 is 0 Å². The van der Waals surface area contributed by atoms with E-state index in [1.807, 2.05) is 0 Å². The van der Waals surface area contributed by atoms with Gasteiger partial charge in [0, 0.05) is 11.3 Å². The van der Waals surface area contributed by atoms with Gasteiger partial charge in [-0.15, -0.1) is 11.3 Å². The van der Waals surface area contributed by atoms with Gasteiger partial charge in [-0.3, -0.25) is 9.48 Å². The molecule has 0 radical (unpaired) electrons. The van der Waals surface area contributed by atoms with Crippen LogP contribution in [-0.4, -0.2) is 15.7 Å². The van der Waals surface area contributed by atoms with Crippen molar-refractivity contribution in [1.29, 1.82) is 5.26 Å². The third-order valence-corrected chi connectivity index (χ3v) is 6.65. The number of carbonyl (C=O) groups excluding carboxylic acids is 1. The lowest BCUT2D eigenvalue weighted by atomic mass is 9.96. The standard InChI is InChI=1S/C17H16BrF3N4OS/c1-9-14(18)15(17(19,20)21)24-25(9)7-6-13(26)23-16-11(8-22)10-4-2-3-5-12(10)27-16/h2-7H2,1H3,(H,23,26). The van der Waals surface area contributed by atoms with Gasteiger partial charge in [-0.25, -0.2) is 0 Å². The third kappa shape index (κ3) is 4.04. The normalized spacial score (nSPS) is 13.9. The van der Waals surface area contributed by atoms with Gasteiger partial charge in [0.05, 0.1) is 22.3 Å². The van der Waals surface area contributed by atoms with Crippen molar-refractivity contribution in [2.75, 3.05) is 5.32 Å². The zero-order chi connectivity index (χ0) is 19.8.